The minimum atomic E-state index is -1.92. The highest BCUT2D eigenvalue weighted by molar-refractivity contribution is 5.74. The second-order valence-corrected chi connectivity index (χ2v) is 17.4. The summed E-state index contributed by atoms with van der Waals surface area (Å²) in [6.07, 6.45) is 45.7. The van der Waals surface area contributed by atoms with Gasteiger partial charge in [0.25, 0.3) is 0 Å². The number of aliphatic hydroxyl groups excluding tert-OH is 2. The Balaban J connectivity index is 2.77. The first-order valence-electron chi connectivity index (χ1n) is 26.2. The molecule has 6 atom stereocenters. The van der Waals surface area contributed by atoms with Crippen LogP contribution in [0.4, 0.5) is 0 Å². The third-order valence-corrected chi connectivity index (χ3v) is 11.2. The van der Waals surface area contributed by atoms with E-state index >= 15 is 0 Å². The fourth-order valence-electron chi connectivity index (χ4n) is 7.22. The molecule has 0 amide bonds. The van der Waals surface area contributed by atoms with Crippen LogP contribution in [0.1, 0.15) is 188 Å². The Labute approximate surface area is 415 Å². The summed E-state index contributed by atoms with van der Waals surface area (Å²) in [4.78, 5) is 50.7. The van der Waals surface area contributed by atoms with Gasteiger partial charge in [-0.2, -0.15) is 0 Å². The van der Waals surface area contributed by atoms with Crippen LogP contribution in [0.15, 0.2) is 97.2 Å². The van der Waals surface area contributed by atoms with Crippen LogP contribution in [0.3, 0.4) is 0 Å². The number of aliphatic hydroxyl groups is 2. The molecule has 1 rings (SSSR count). The zero-order chi connectivity index (χ0) is 50.4. The van der Waals surface area contributed by atoms with Crippen LogP contribution in [0.2, 0.25) is 0 Å². The Morgan fingerprint density at radius 3 is 1.46 bits per heavy atom. The average Bonchev–Trinajstić information content (AvgIpc) is 3.33. The Hall–Kier alpha value is -4.36. The van der Waals surface area contributed by atoms with Crippen molar-refractivity contribution in [3.63, 3.8) is 0 Å². The van der Waals surface area contributed by atoms with E-state index in [-0.39, 0.29) is 25.9 Å². The molecule has 12 heteroatoms. The molecule has 390 valence electrons. The Morgan fingerprint density at radius 2 is 0.957 bits per heavy atom. The molecule has 0 bridgehead atoms. The van der Waals surface area contributed by atoms with Crippen molar-refractivity contribution in [1.29, 1.82) is 0 Å². The first kappa shape index (κ1) is 62.7. The molecule has 1 aliphatic rings. The summed E-state index contributed by atoms with van der Waals surface area (Å²) in [5.74, 6) is -3.32. The molecule has 3 N–H and O–H groups in total. The van der Waals surface area contributed by atoms with Crippen LogP contribution in [0.25, 0.3) is 0 Å². The molecule has 0 aromatic carbocycles. The first-order chi connectivity index (χ1) is 33.6. The van der Waals surface area contributed by atoms with Crippen molar-refractivity contribution in [3.8, 4) is 0 Å². The highest BCUT2D eigenvalue weighted by atomic mass is 16.7. The van der Waals surface area contributed by atoms with E-state index in [0.717, 1.165) is 103 Å². The molecule has 0 aromatic rings. The Bertz CT molecular complexity index is 1570. The third-order valence-electron chi connectivity index (χ3n) is 11.2. The van der Waals surface area contributed by atoms with E-state index in [4.69, 9.17) is 23.7 Å². The number of allylic oxidation sites excluding steroid dienone is 15. The fraction of sp³-hybridized carbons (Fsp3) is 0.649. The number of carboxylic acids is 1. The van der Waals surface area contributed by atoms with Crippen LogP contribution in [0.5, 0.6) is 0 Å². The molecular formula is C57H90O12. The highest BCUT2D eigenvalue weighted by Gasteiger charge is 2.50. The largest absolute Gasteiger partial charge is 0.479 e. The Morgan fingerprint density at radius 1 is 0.507 bits per heavy atom. The topological polar surface area (TPSA) is 175 Å². The maximum atomic E-state index is 13.0. The monoisotopic (exact) mass is 967 g/mol. The van der Waals surface area contributed by atoms with E-state index in [1.807, 2.05) is 12.2 Å². The molecule has 69 heavy (non-hydrogen) atoms. The van der Waals surface area contributed by atoms with Gasteiger partial charge in [0.1, 0.15) is 18.8 Å². The van der Waals surface area contributed by atoms with Crippen molar-refractivity contribution < 1.29 is 58.2 Å². The first-order valence-corrected chi connectivity index (χ1v) is 26.2. The summed E-state index contributed by atoms with van der Waals surface area (Å²) in [5.41, 5.74) is 0. The molecule has 0 radical (unpaired) electrons. The van der Waals surface area contributed by atoms with Crippen molar-refractivity contribution in [2.45, 2.75) is 225 Å². The molecule has 1 heterocycles. The van der Waals surface area contributed by atoms with E-state index in [2.05, 4.69) is 99.8 Å². The third kappa shape index (κ3) is 35.4. The van der Waals surface area contributed by atoms with E-state index < -0.39 is 67.3 Å². The van der Waals surface area contributed by atoms with Crippen LogP contribution < -0.4 is 0 Å². The van der Waals surface area contributed by atoms with Gasteiger partial charge in [-0.15, -0.1) is 0 Å². The lowest BCUT2D eigenvalue weighted by atomic mass is 9.98. The summed E-state index contributed by atoms with van der Waals surface area (Å²) in [7, 11) is 0. The standard InChI is InChI=1S/C57H90O12/c1-4-7-10-13-16-19-21-23-25-27-29-32-34-37-40-43-49(58)65-46-48(67-50(59)44-41-38-35-31-18-15-12-9-6-3)47-66-57-55(53(62)52(61)54(69-57)56(63)64)68-51(60)45-42-39-36-33-30-28-26-24-22-20-17-14-11-8-5-2/h7-8,10-11,16-17,19-20,23-26,29,32,37,40,48,52-55,57,61-62H,4-6,9,12-15,18,21-22,27-28,30-31,33-36,38-39,41-47H2,1-3H3,(H,63,64)/b10-7-,11-8-,19-16-,20-17-,25-23-,26-24-,32-29-,40-37-. The normalized spacial score (nSPS) is 19.5. The highest BCUT2D eigenvalue weighted by Crippen LogP contribution is 2.26. The maximum absolute atomic E-state index is 13.0. The number of ether oxygens (including phenoxy) is 5. The lowest BCUT2D eigenvalue weighted by molar-refractivity contribution is -0.301. The molecule has 12 nitrogen and oxygen atoms in total. The average molecular weight is 967 g/mol. The molecule has 0 saturated carbocycles. The summed E-state index contributed by atoms with van der Waals surface area (Å²) in [5, 5.41) is 31.3. The number of esters is 3. The van der Waals surface area contributed by atoms with Gasteiger partial charge in [0, 0.05) is 12.8 Å². The molecule has 6 unspecified atom stereocenters. The van der Waals surface area contributed by atoms with Gasteiger partial charge in [0.05, 0.1) is 13.0 Å². The molecule has 1 saturated heterocycles. The zero-order valence-corrected chi connectivity index (χ0v) is 42.5. The number of carbonyl (C=O) groups is 4. The van der Waals surface area contributed by atoms with E-state index in [1.54, 1.807) is 6.08 Å². The molecular weight excluding hydrogens is 877 g/mol. The minimum absolute atomic E-state index is 0.0191. The van der Waals surface area contributed by atoms with Crippen LogP contribution in [0, 0.1) is 0 Å². The SMILES string of the molecule is CC/C=C\C/C=C\C/C=C\C/C=C\C/C=C\CC(=O)OCC(COC1OC(C(=O)O)C(O)C(O)C1OC(=O)CCCCCCC/C=C\C/C=C\C/C=C\CC)OC(=O)CCCCCCCCCCC. The van der Waals surface area contributed by atoms with E-state index in [1.165, 1.54) is 25.7 Å². The summed E-state index contributed by atoms with van der Waals surface area (Å²) in [6.45, 7) is 5.61. The van der Waals surface area contributed by atoms with Crippen LogP contribution >= 0.6 is 0 Å². The summed E-state index contributed by atoms with van der Waals surface area (Å²) < 4.78 is 28.1. The maximum Gasteiger partial charge on any atom is 0.335 e. The van der Waals surface area contributed by atoms with Crippen molar-refractivity contribution >= 4 is 23.9 Å². The lowest BCUT2D eigenvalue weighted by Gasteiger charge is -2.40. The number of carboxylic acid groups (broad SMARTS) is 1. The fourth-order valence-corrected chi connectivity index (χ4v) is 7.22. The quantitative estimate of drug-likeness (QED) is 0.0229. The van der Waals surface area contributed by atoms with Gasteiger partial charge >= 0.3 is 23.9 Å². The molecule has 1 fully saturated rings. The molecule has 1 aliphatic heterocycles. The van der Waals surface area contributed by atoms with Gasteiger partial charge < -0.3 is 39.0 Å². The van der Waals surface area contributed by atoms with Crippen molar-refractivity contribution in [3.05, 3.63) is 97.2 Å². The van der Waals surface area contributed by atoms with Crippen molar-refractivity contribution in [2.75, 3.05) is 13.2 Å². The lowest BCUT2D eigenvalue weighted by Crippen LogP contribution is -2.61. The summed E-state index contributed by atoms with van der Waals surface area (Å²) in [6, 6.07) is 0. The smallest absolute Gasteiger partial charge is 0.335 e. The second kappa shape index (κ2) is 44.8. The number of unbranched alkanes of at least 4 members (excludes halogenated alkanes) is 13. The molecule has 0 aromatic heterocycles. The van der Waals surface area contributed by atoms with Gasteiger partial charge in [-0.1, -0.05) is 189 Å². The number of hydrogen-bond donors (Lipinski definition) is 3. The van der Waals surface area contributed by atoms with E-state index in [0.29, 0.717) is 19.3 Å². The van der Waals surface area contributed by atoms with Gasteiger partial charge in [-0.3, -0.25) is 14.4 Å². The Kier molecular flexibility index (Phi) is 40.7. The number of hydrogen-bond acceptors (Lipinski definition) is 11. The van der Waals surface area contributed by atoms with Gasteiger partial charge in [0.15, 0.2) is 24.6 Å². The van der Waals surface area contributed by atoms with Gasteiger partial charge in [-0.25, -0.2) is 4.79 Å². The number of rotatable bonds is 42. The summed E-state index contributed by atoms with van der Waals surface area (Å²) >= 11 is 0. The predicted octanol–water partition coefficient (Wildman–Crippen LogP) is 12.6. The van der Waals surface area contributed by atoms with Crippen molar-refractivity contribution in [1.82, 2.24) is 0 Å². The predicted molar refractivity (Wildman–Crippen MR) is 275 cm³/mol. The molecule has 0 spiro atoms. The number of carbonyl (C=O) groups excluding carboxylic acids is 3. The van der Waals surface area contributed by atoms with Gasteiger partial charge in [0.2, 0.25) is 0 Å². The van der Waals surface area contributed by atoms with Gasteiger partial charge in [-0.05, 0) is 77.0 Å². The minimum Gasteiger partial charge on any atom is -0.479 e. The second-order valence-electron chi connectivity index (χ2n) is 17.4. The number of aliphatic carboxylic acids is 1. The molecule has 0 aliphatic carbocycles. The van der Waals surface area contributed by atoms with E-state index in [9.17, 15) is 34.5 Å². The van der Waals surface area contributed by atoms with Crippen molar-refractivity contribution in [2.24, 2.45) is 0 Å². The van der Waals surface area contributed by atoms with Crippen LogP contribution in [-0.2, 0) is 42.9 Å². The zero-order valence-electron chi connectivity index (χ0n) is 42.5. The van der Waals surface area contributed by atoms with Crippen LogP contribution in [-0.4, -0.2) is 89.2 Å².